The number of nitrogens with zero attached hydrogens (tertiary/aromatic N) is 1. The number of rotatable bonds is 7. The van der Waals surface area contributed by atoms with E-state index in [0.717, 1.165) is 52.2 Å². The Kier molecular flexibility index (Phi) is 6.34. The molecule has 1 heterocycles. The van der Waals surface area contributed by atoms with Crippen molar-refractivity contribution in [1.82, 2.24) is 10.2 Å². The van der Waals surface area contributed by atoms with E-state index in [4.69, 9.17) is 4.74 Å². The topological polar surface area (TPSA) is 24.5 Å². The Labute approximate surface area is 116 Å². The molecule has 0 bridgehead atoms. The van der Waals surface area contributed by atoms with E-state index in [1.54, 1.807) is 0 Å². The Bertz CT molecular complexity index is 342. The summed E-state index contributed by atoms with van der Waals surface area (Å²) in [7, 11) is 0. The van der Waals surface area contributed by atoms with E-state index in [0.29, 0.717) is 6.04 Å². The Morgan fingerprint density at radius 3 is 2.95 bits per heavy atom. The van der Waals surface area contributed by atoms with E-state index < -0.39 is 0 Å². The number of hydrogen-bond donors (Lipinski definition) is 1. The van der Waals surface area contributed by atoms with E-state index >= 15 is 0 Å². The molecule has 3 heteroatoms. The summed E-state index contributed by atoms with van der Waals surface area (Å²) in [6.45, 7) is 8.36. The van der Waals surface area contributed by atoms with Crippen LogP contribution in [0.2, 0.25) is 0 Å². The van der Waals surface area contributed by atoms with Gasteiger partial charge < -0.3 is 15.0 Å². The fourth-order valence-corrected chi connectivity index (χ4v) is 2.67. The maximum absolute atomic E-state index is 5.40. The van der Waals surface area contributed by atoms with Crippen molar-refractivity contribution >= 4 is 0 Å². The summed E-state index contributed by atoms with van der Waals surface area (Å²) >= 11 is 0. The zero-order valence-corrected chi connectivity index (χ0v) is 12.0. The van der Waals surface area contributed by atoms with E-state index in [2.05, 4.69) is 47.5 Å². The van der Waals surface area contributed by atoms with Crippen LogP contribution in [0, 0.1) is 0 Å². The molecule has 1 aliphatic heterocycles. The van der Waals surface area contributed by atoms with Gasteiger partial charge in [-0.15, -0.1) is 0 Å². The summed E-state index contributed by atoms with van der Waals surface area (Å²) in [5, 5.41) is 3.63. The van der Waals surface area contributed by atoms with Gasteiger partial charge in [0.25, 0.3) is 0 Å². The molecule has 1 aromatic carbocycles. The third-order valence-electron chi connectivity index (χ3n) is 3.63. The predicted octanol–water partition coefficient (Wildman–Crippen LogP) is 1.93. The average Bonchev–Trinajstić information content (AvgIpc) is 2.45. The Balaban J connectivity index is 1.71. The van der Waals surface area contributed by atoms with Crippen molar-refractivity contribution in [2.75, 3.05) is 39.4 Å². The van der Waals surface area contributed by atoms with Gasteiger partial charge in [-0.2, -0.15) is 0 Å². The van der Waals surface area contributed by atoms with Gasteiger partial charge in [0.15, 0.2) is 0 Å². The standard InChI is InChI=1S/C16H26N2O/c1-2-19-12-6-10-18-11-9-17-16(14-18)13-15-7-4-3-5-8-15/h3-5,7-8,16-17H,2,6,9-14H2,1H3. The van der Waals surface area contributed by atoms with Crippen molar-refractivity contribution in [3.8, 4) is 0 Å². The first kappa shape index (κ1) is 14.5. The second-order valence-corrected chi connectivity index (χ2v) is 5.19. The average molecular weight is 262 g/mol. The zero-order chi connectivity index (χ0) is 13.3. The second-order valence-electron chi connectivity index (χ2n) is 5.19. The van der Waals surface area contributed by atoms with Crippen LogP contribution in [-0.2, 0) is 11.2 Å². The summed E-state index contributed by atoms with van der Waals surface area (Å²) in [6, 6.07) is 11.3. The van der Waals surface area contributed by atoms with Gasteiger partial charge >= 0.3 is 0 Å². The summed E-state index contributed by atoms with van der Waals surface area (Å²) in [5.41, 5.74) is 1.43. The zero-order valence-electron chi connectivity index (χ0n) is 12.0. The number of hydrogen-bond acceptors (Lipinski definition) is 3. The van der Waals surface area contributed by atoms with E-state index in [-0.39, 0.29) is 0 Å². The Morgan fingerprint density at radius 2 is 2.16 bits per heavy atom. The lowest BCUT2D eigenvalue weighted by molar-refractivity contribution is 0.123. The van der Waals surface area contributed by atoms with Crippen LogP contribution in [0.15, 0.2) is 30.3 Å². The van der Waals surface area contributed by atoms with Crippen LogP contribution < -0.4 is 5.32 Å². The largest absolute Gasteiger partial charge is 0.382 e. The Hall–Kier alpha value is -0.900. The van der Waals surface area contributed by atoms with Crippen molar-refractivity contribution in [2.45, 2.75) is 25.8 Å². The van der Waals surface area contributed by atoms with Crippen molar-refractivity contribution in [3.05, 3.63) is 35.9 Å². The maximum atomic E-state index is 5.40. The molecule has 1 atom stereocenters. The smallest absolute Gasteiger partial charge is 0.0478 e. The van der Waals surface area contributed by atoms with Crippen molar-refractivity contribution in [3.63, 3.8) is 0 Å². The fraction of sp³-hybridized carbons (Fsp3) is 0.625. The first-order valence-corrected chi connectivity index (χ1v) is 7.46. The molecule has 0 saturated carbocycles. The van der Waals surface area contributed by atoms with E-state index in [9.17, 15) is 0 Å². The summed E-state index contributed by atoms with van der Waals surface area (Å²) in [4.78, 5) is 2.56. The molecule has 0 spiro atoms. The molecule has 19 heavy (non-hydrogen) atoms. The molecule has 106 valence electrons. The molecule has 0 aliphatic carbocycles. The highest BCUT2D eigenvalue weighted by molar-refractivity contribution is 5.16. The van der Waals surface area contributed by atoms with Gasteiger partial charge in [-0.25, -0.2) is 0 Å². The summed E-state index contributed by atoms with van der Waals surface area (Å²) in [6.07, 6.45) is 2.27. The maximum Gasteiger partial charge on any atom is 0.0478 e. The normalized spacial score (nSPS) is 20.6. The van der Waals surface area contributed by atoms with Crippen molar-refractivity contribution in [2.24, 2.45) is 0 Å². The molecule has 0 radical (unpaired) electrons. The molecule has 1 N–H and O–H groups in total. The van der Waals surface area contributed by atoms with Gasteiger partial charge in [0.2, 0.25) is 0 Å². The van der Waals surface area contributed by atoms with Crippen LogP contribution in [0.25, 0.3) is 0 Å². The van der Waals surface area contributed by atoms with Crippen LogP contribution in [0.4, 0.5) is 0 Å². The minimum Gasteiger partial charge on any atom is -0.382 e. The lowest BCUT2D eigenvalue weighted by atomic mass is 10.0. The molecule has 2 rings (SSSR count). The monoisotopic (exact) mass is 262 g/mol. The number of benzene rings is 1. The molecular formula is C16H26N2O. The third kappa shape index (κ3) is 5.31. The molecule has 1 fully saturated rings. The minimum atomic E-state index is 0.586. The highest BCUT2D eigenvalue weighted by atomic mass is 16.5. The molecular weight excluding hydrogens is 236 g/mol. The predicted molar refractivity (Wildman–Crippen MR) is 79.5 cm³/mol. The van der Waals surface area contributed by atoms with Crippen LogP contribution in [-0.4, -0.2) is 50.3 Å². The van der Waals surface area contributed by atoms with Crippen LogP contribution in [0.5, 0.6) is 0 Å². The SMILES string of the molecule is CCOCCCN1CCNC(Cc2ccccc2)C1. The molecule has 0 amide bonds. The molecule has 3 nitrogen and oxygen atoms in total. The van der Waals surface area contributed by atoms with E-state index in [1.165, 1.54) is 5.56 Å². The van der Waals surface area contributed by atoms with Gasteiger partial charge in [-0.3, -0.25) is 0 Å². The van der Waals surface area contributed by atoms with Crippen molar-refractivity contribution in [1.29, 1.82) is 0 Å². The summed E-state index contributed by atoms with van der Waals surface area (Å²) < 4.78 is 5.40. The van der Waals surface area contributed by atoms with Crippen molar-refractivity contribution < 1.29 is 4.74 Å². The van der Waals surface area contributed by atoms with Crippen LogP contribution in [0.1, 0.15) is 18.9 Å². The van der Waals surface area contributed by atoms with Crippen LogP contribution >= 0.6 is 0 Å². The van der Waals surface area contributed by atoms with Gasteiger partial charge in [-0.1, -0.05) is 30.3 Å². The van der Waals surface area contributed by atoms with Crippen LogP contribution in [0.3, 0.4) is 0 Å². The fourth-order valence-electron chi connectivity index (χ4n) is 2.67. The summed E-state index contributed by atoms with van der Waals surface area (Å²) in [5.74, 6) is 0. The van der Waals surface area contributed by atoms with E-state index in [1.807, 2.05) is 0 Å². The van der Waals surface area contributed by atoms with Gasteiger partial charge in [0.05, 0.1) is 0 Å². The third-order valence-corrected chi connectivity index (χ3v) is 3.63. The molecule has 1 unspecified atom stereocenters. The molecule has 1 saturated heterocycles. The quantitative estimate of drug-likeness (QED) is 0.760. The first-order chi connectivity index (χ1) is 9.38. The lowest BCUT2D eigenvalue weighted by Crippen LogP contribution is -2.51. The number of ether oxygens (including phenoxy) is 1. The second kappa shape index (κ2) is 8.31. The minimum absolute atomic E-state index is 0.586. The Morgan fingerprint density at radius 1 is 1.32 bits per heavy atom. The van der Waals surface area contributed by atoms with Gasteiger partial charge in [-0.05, 0) is 25.3 Å². The highest BCUT2D eigenvalue weighted by Gasteiger charge is 2.18. The lowest BCUT2D eigenvalue weighted by Gasteiger charge is -2.33. The first-order valence-electron chi connectivity index (χ1n) is 7.46. The molecule has 1 aromatic rings. The van der Waals surface area contributed by atoms with Gasteiger partial charge in [0, 0.05) is 45.4 Å². The number of piperazine rings is 1. The van der Waals surface area contributed by atoms with Gasteiger partial charge in [0.1, 0.15) is 0 Å². The highest BCUT2D eigenvalue weighted by Crippen LogP contribution is 2.08. The molecule has 1 aliphatic rings. The molecule has 0 aromatic heterocycles. The number of nitrogens with one attached hydrogen (secondary N) is 1.